The fraction of sp³-hybridized carbons (Fsp3) is 0.667. The van der Waals surface area contributed by atoms with Crippen molar-refractivity contribution in [3.8, 4) is 11.5 Å². The van der Waals surface area contributed by atoms with Crippen molar-refractivity contribution < 1.29 is 23.9 Å². The van der Waals surface area contributed by atoms with Gasteiger partial charge in [0, 0.05) is 31.2 Å². The summed E-state index contributed by atoms with van der Waals surface area (Å²) in [4.78, 5) is 26.5. The van der Waals surface area contributed by atoms with Gasteiger partial charge >= 0.3 is 0 Å². The van der Waals surface area contributed by atoms with E-state index >= 15 is 0 Å². The zero-order valence-corrected chi connectivity index (χ0v) is 17.8. The lowest BCUT2D eigenvalue weighted by Crippen LogP contribution is -2.59. The number of morpholine rings is 1. The summed E-state index contributed by atoms with van der Waals surface area (Å²) in [6.07, 6.45) is 5.43. The molecule has 2 aliphatic rings. The first-order valence-electron chi connectivity index (χ1n) is 10.6. The Balaban J connectivity index is 1.82. The molecule has 0 spiro atoms. The maximum atomic E-state index is 13.0. The molecule has 9 nitrogen and oxygen atoms in total. The number of nitrogens with one attached hydrogen (secondary N) is 1. The van der Waals surface area contributed by atoms with Crippen LogP contribution in [0.3, 0.4) is 0 Å². The van der Waals surface area contributed by atoms with Crippen LogP contribution in [-0.4, -0.2) is 67.8 Å². The largest absolute Gasteiger partial charge is 0.493 e. The number of carbonyl (C=O) groups excluding carboxylic acids is 1. The quantitative estimate of drug-likeness (QED) is 0.508. The molecule has 1 aliphatic carbocycles. The van der Waals surface area contributed by atoms with Crippen molar-refractivity contribution in [2.75, 3.05) is 46.6 Å². The van der Waals surface area contributed by atoms with E-state index in [1.807, 2.05) is 0 Å². The van der Waals surface area contributed by atoms with Crippen molar-refractivity contribution in [2.24, 2.45) is 0 Å². The van der Waals surface area contributed by atoms with Gasteiger partial charge in [-0.15, -0.1) is 0 Å². The number of hydrogen-bond donors (Lipinski definition) is 1. The Hall–Kier alpha value is -2.39. The number of carbonyl (C=O) groups is 1. The molecule has 9 heteroatoms. The van der Waals surface area contributed by atoms with Gasteiger partial charge in [-0.05, 0) is 19.8 Å². The summed E-state index contributed by atoms with van der Waals surface area (Å²) in [5.41, 5.74) is -0.434. The molecular formula is C21H31N3O6. The van der Waals surface area contributed by atoms with Gasteiger partial charge < -0.3 is 19.5 Å². The first kappa shape index (κ1) is 22.3. The fourth-order valence-electron chi connectivity index (χ4n) is 4.50. The molecule has 1 heterocycles. The van der Waals surface area contributed by atoms with Crippen molar-refractivity contribution in [1.82, 2.24) is 10.2 Å². The van der Waals surface area contributed by atoms with Crippen LogP contribution < -0.4 is 14.8 Å². The van der Waals surface area contributed by atoms with Gasteiger partial charge in [-0.1, -0.05) is 19.3 Å². The molecule has 0 aromatic heterocycles. The molecule has 1 saturated carbocycles. The zero-order chi connectivity index (χ0) is 21.6. The summed E-state index contributed by atoms with van der Waals surface area (Å²) in [6, 6.07) is 2.65. The van der Waals surface area contributed by atoms with Crippen molar-refractivity contribution in [2.45, 2.75) is 44.6 Å². The summed E-state index contributed by atoms with van der Waals surface area (Å²) in [5.74, 6) is 0.0785. The molecule has 0 radical (unpaired) electrons. The number of nitrogens with zero attached hydrogens (tertiary/aromatic N) is 2. The lowest BCUT2D eigenvalue weighted by atomic mass is 9.79. The third kappa shape index (κ3) is 4.84. The Labute approximate surface area is 176 Å². The number of amides is 1. The van der Waals surface area contributed by atoms with Crippen LogP contribution in [0.15, 0.2) is 12.1 Å². The number of hydrogen-bond acceptors (Lipinski definition) is 7. The highest BCUT2D eigenvalue weighted by atomic mass is 16.6. The average Bonchev–Trinajstić information content (AvgIpc) is 2.78. The van der Waals surface area contributed by atoms with Crippen LogP contribution in [0.25, 0.3) is 0 Å². The summed E-state index contributed by atoms with van der Waals surface area (Å²) < 4.78 is 16.2. The van der Waals surface area contributed by atoms with Gasteiger partial charge in [-0.3, -0.25) is 19.8 Å². The van der Waals surface area contributed by atoms with Crippen LogP contribution in [0.5, 0.6) is 11.5 Å². The number of nitro benzene ring substituents is 1. The Morgan fingerprint density at radius 3 is 2.53 bits per heavy atom. The highest BCUT2D eigenvalue weighted by Gasteiger charge is 2.39. The molecule has 1 aliphatic heterocycles. The molecule has 0 unspecified atom stereocenters. The number of methoxy groups -OCH3 is 1. The van der Waals surface area contributed by atoms with Gasteiger partial charge in [0.05, 0.1) is 37.9 Å². The summed E-state index contributed by atoms with van der Waals surface area (Å²) in [5, 5.41) is 14.6. The van der Waals surface area contributed by atoms with Crippen molar-refractivity contribution in [1.29, 1.82) is 0 Å². The lowest BCUT2D eigenvalue weighted by molar-refractivity contribution is -0.385. The highest BCUT2D eigenvalue weighted by molar-refractivity contribution is 5.99. The topological polar surface area (TPSA) is 103 Å². The Morgan fingerprint density at radius 2 is 1.93 bits per heavy atom. The van der Waals surface area contributed by atoms with E-state index in [2.05, 4.69) is 10.2 Å². The first-order chi connectivity index (χ1) is 14.5. The monoisotopic (exact) mass is 421 g/mol. The molecular weight excluding hydrogens is 390 g/mol. The van der Waals surface area contributed by atoms with Gasteiger partial charge in [0.1, 0.15) is 5.56 Å². The standard InChI is InChI=1S/C21H31N3O6/c1-3-30-19-14-17(24(26)27)16(13-18(19)28-2)20(25)22-15-21(7-5-4-6-8-21)23-9-11-29-12-10-23/h13-14H,3-12,15H2,1-2H3,(H,22,25). The molecule has 1 amide bonds. The molecule has 1 aromatic carbocycles. The normalized spacial score (nSPS) is 19.1. The van der Waals surface area contributed by atoms with Gasteiger partial charge in [0.15, 0.2) is 11.5 Å². The number of rotatable bonds is 8. The lowest BCUT2D eigenvalue weighted by Gasteiger charge is -2.48. The molecule has 166 valence electrons. The fourth-order valence-corrected chi connectivity index (χ4v) is 4.50. The zero-order valence-electron chi connectivity index (χ0n) is 17.8. The van der Waals surface area contributed by atoms with E-state index in [4.69, 9.17) is 14.2 Å². The first-order valence-corrected chi connectivity index (χ1v) is 10.6. The third-order valence-corrected chi connectivity index (χ3v) is 6.07. The van der Waals surface area contributed by atoms with E-state index in [1.165, 1.54) is 25.7 Å². The smallest absolute Gasteiger partial charge is 0.286 e. The maximum absolute atomic E-state index is 13.0. The molecule has 0 atom stereocenters. The van der Waals surface area contributed by atoms with Crippen LogP contribution in [0, 0.1) is 10.1 Å². The van der Waals surface area contributed by atoms with Crippen LogP contribution in [0.1, 0.15) is 49.4 Å². The van der Waals surface area contributed by atoms with Gasteiger partial charge in [0.2, 0.25) is 0 Å². The van der Waals surface area contributed by atoms with Crippen molar-refractivity contribution >= 4 is 11.6 Å². The minimum atomic E-state index is -0.560. The third-order valence-electron chi connectivity index (χ3n) is 6.07. The predicted octanol–water partition coefficient (Wildman–Crippen LogP) is 2.77. The SMILES string of the molecule is CCOc1cc([N+](=O)[O-])c(C(=O)NCC2(N3CCOCC3)CCCCC2)cc1OC. The predicted molar refractivity (Wildman–Crippen MR) is 111 cm³/mol. The van der Waals surface area contributed by atoms with Crippen molar-refractivity contribution in [3.63, 3.8) is 0 Å². The van der Waals surface area contributed by atoms with Crippen molar-refractivity contribution in [3.05, 3.63) is 27.8 Å². The minimum Gasteiger partial charge on any atom is -0.493 e. The summed E-state index contributed by atoms with van der Waals surface area (Å²) in [6.45, 7) is 5.63. The molecule has 2 fully saturated rings. The second-order valence-electron chi connectivity index (χ2n) is 7.78. The second-order valence-corrected chi connectivity index (χ2v) is 7.78. The summed E-state index contributed by atoms with van der Waals surface area (Å²) in [7, 11) is 1.45. The molecule has 3 rings (SSSR count). The number of nitro groups is 1. The molecule has 0 bridgehead atoms. The van der Waals surface area contributed by atoms with Crippen LogP contribution in [-0.2, 0) is 4.74 Å². The molecule has 1 N–H and O–H groups in total. The number of ether oxygens (including phenoxy) is 3. The Bertz CT molecular complexity index is 757. The highest BCUT2D eigenvalue weighted by Crippen LogP contribution is 2.36. The van der Waals surface area contributed by atoms with Gasteiger partial charge in [-0.25, -0.2) is 0 Å². The van der Waals surface area contributed by atoms with Crippen LogP contribution >= 0.6 is 0 Å². The Morgan fingerprint density at radius 1 is 1.23 bits per heavy atom. The van der Waals surface area contributed by atoms with Crippen LogP contribution in [0.2, 0.25) is 0 Å². The summed E-state index contributed by atoms with van der Waals surface area (Å²) >= 11 is 0. The minimum absolute atomic E-state index is 0.0201. The maximum Gasteiger partial charge on any atom is 0.286 e. The van der Waals surface area contributed by atoms with E-state index in [-0.39, 0.29) is 22.5 Å². The van der Waals surface area contributed by atoms with E-state index in [9.17, 15) is 14.9 Å². The second kappa shape index (κ2) is 10.1. The molecule has 1 saturated heterocycles. The van der Waals surface area contributed by atoms with E-state index in [0.29, 0.717) is 32.1 Å². The molecule has 1 aromatic rings. The Kier molecular flexibility index (Phi) is 7.49. The van der Waals surface area contributed by atoms with E-state index in [0.717, 1.165) is 38.8 Å². The van der Waals surface area contributed by atoms with E-state index < -0.39 is 10.8 Å². The van der Waals surface area contributed by atoms with Gasteiger partial charge in [0.25, 0.3) is 11.6 Å². The molecule has 30 heavy (non-hydrogen) atoms. The van der Waals surface area contributed by atoms with Gasteiger partial charge in [-0.2, -0.15) is 0 Å². The van der Waals surface area contributed by atoms with Crippen LogP contribution in [0.4, 0.5) is 5.69 Å². The van der Waals surface area contributed by atoms with E-state index in [1.54, 1.807) is 6.92 Å². The number of benzene rings is 1. The average molecular weight is 421 g/mol.